The van der Waals surface area contributed by atoms with Crippen molar-refractivity contribution in [3.8, 4) is 0 Å². The molecule has 0 spiro atoms. The van der Waals surface area contributed by atoms with Crippen LogP contribution in [0.15, 0.2) is 0 Å². The van der Waals surface area contributed by atoms with Crippen molar-refractivity contribution in [1.82, 2.24) is 14.7 Å². The number of carboxylic acids is 2. The van der Waals surface area contributed by atoms with Gasteiger partial charge >= 0.3 is 71.1 Å². The van der Waals surface area contributed by atoms with Crippen LogP contribution in [-0.4, -0.2) is 165 Å². The van der Waals surface area contributed by atoms with Crippen molar-refractivity contribution >= 4 is 54.1 Å². The zero-order chi connectivity index (χ0) is 42.6. The number of carboxylic acid groups (broad SMARTS) is 2. The van der Waals surface area contributed by atoms with Gasteiger partial charge in [-0.05, 0) is 19.8 Å². The summed E-state index contributed by atoms with van der Waals surface area (Å²) in [6.45, 7) is 2.21. The fourth-order valence-corrected chi connectivity index (χ4v) is 7.46. The van der Waals surface area contributed by atoms with E-state index in [2.05, 4.69) is 0 Å². The van der Waals surface area contributed by atoms with Gasteiger partial charge in [-0.15, -0.1) is 0 Å². The number of unbranched alkanes of at least 4 members (excludes halogenated alkanes) is 10. The second-order valence-corrected chi connectivity index (χ2v) is 18.5. The predicted molar refractivity (Wildman–Crippen MR) is 196 cm³/mol. The summed E-state index contributed by atoms with van der Waals surface area (Å²) in [5.74, 6) is -6.31. The van der Waals surface area contributed by atoms with Gasteiger partial charge in [-0.3, -0.25) is 28.6 Å². The summed E-state index contributed by atoms with van der Waals surface area (Å²) in [5, 5.41) is 33.5. The SMILES string of the molecule is CCCCCCCCN(CC(O)CN(CC(O)CN(CCCCCCCC)C(=O)CC(C(=O)O)S(=O)(=O)[O-])C(C)S(=O)(=O)O)C(=O)CC(C(=O)O)S(=O)(=O)[O-].[Na+].[Na+]. The molecule has 0 fully saturated rings. The first-order valence-electron chi connectivity index (χ1n) is 18.3. The average molecular weight is 900 g/mol. The fraction of sp³-hybridized carbons (Fsp3) is 0.875. The normalized spacial score (nSPS) is 14.7. The molecule has 0 heterocycles. The summed E-state index contributed by atoms with van der Waals surface area (Å²) in [6.07, 6.45) is 3.15. The van der Waals surface area contributed by atoms with Gasteiger partial charge in [0.25, 0.3) is 10.1 Å². The molecule has 0 rings (SSSR count). The molecule has 0 saturated carbocycles. The average Bonchev–Trinajstić information content (AvgIpc) is 3.05. The molecule has 0 aromatic heterocycles. The number of hydrogen-bond donors (Lipinski definition) is 5. The van der Waals surface area contributed by atoms with E-state index in [4.69, 9.17) is 0 Å². The molecule has 0 radical (unpaired) electrons. The summed E-state index contributed by atoms with van der Waals surface area (Å²) in [4.78, 5) is 51.9. The van der Waals surface area contributed by atoms with Crippen LogP contribution in [0.5, 0.6) is 0 Å². The Morgan fingerprint density at radius 1 is 0.561 bits per heavy atom. The van der Waals surface area contributed by atoms with Crippen LogP contribution in [0.4, 0.5) is 0 Å². The van der Waals surface area contributed by atoms with E-state index in [-0.39, 0.29) is 72.2 Å². The second-order valence-electron chi connectivity index (χ2n) is 13.6. The molecule has 0 aromatic rings. The van der Waals surface area contributed by atoms with Crippen LogP contribution in [-0.2, 0) is 49.5 Å². The Hall–Kier alpha value is -0.510. The first-order valence-corrected chi connectivity index (χ1v) is 22.8. The monoisotopic (exact) mass is 899 g/mol. The Balaban J connectivity index is -0.0000146. The number of hydrogen-bond acceptors (Lipinski definition) is 15. The Labute approximate surface area is 381 Å². The van der Waals surface area contributed by atoms with Crippen molar-refractivity contribution in [1.29, 1.82) is 0 Å². The largest absolute Gasteiger partial charge is 1.00 e. The van der Waals surface area contributed by atoms with Gasteiger partial charge in [-0.2, -0.15) is 8.42 Å². The third-order valence-corrected chi connectivity index (χ3v) is 12.2. The standard InChI is InChI=1S/C32H61N3O17S3.2Na/c1-4-6-8-10-12-14-16-33(29(38)18-27(31(40)41)54(47,48)49)20-25(36)22-35(24(3)53(44,45)46)23-26(37)21-34(17-15-13-11-9-7-5-2)30(39)19-28(32(42)43)55(50,51)52;;/h24-28,36-37H,4-23H2,1-3H3,(H,40,41)(H,42,43)(H,44,45,46)(H,47,48,49)(H,50,51,52);;/q;2*+1/p-2. The number of carbonyl (C=O) groups is 4. The molecule has 57 heavy (non-hydrogen) atoms. The molecule has 5 N–H and O–H groups in total. The maximum Gasteiger partial charge on any atom is 1.00 e. The number of aliphatic hydroxyl groups excluding tert-OH is 2. The van der Waals surface area contributed by atoms with Crippen molar-refractivity contribution in [2.24, 2.45) is 0 Å². The van der Waals surface area contributed by atoms with Crippen LogP contribution in [0, 0.1) is 0 Å². The summed E-state index contributed by atoms with van der Waals surface area (Å²) in [6, 6.07) is 0. The van der Waals surface area contributed by atoms with Gasteiger partial charge in [-0.25, -0.2) is 16.8 Å². The van der Waals surface area contributed by atoms with Crippen LogP contribution in [0.2, 0.25) is 0 Å². The molecule has 5 unspecified atom stereocenters. The maximum atomic E-state index is 13.1. The summed E-state index contributed by atoms with van der Waals surface area (Å²) in [7, 11) is -15.8. The zero-order valence-electron chi connectivity index (χ0n) is 33.7. The van der Waals surface area contributed by atoms with E-state index in [0.717, 1.165) is 73.0 Å². The molecule has 0 saturated heterocycles. The van der Waals surface area contributed by atoms with E-state index >= 15 is 0 Å². The Morgan fingerprint density at radius 2 is 0.860 bits per heavy atom. The minimum Gasteiger partial charge on any atom is -0.747 e. The molecule has 0 aliphatic rings. The van der Waals surface area contributed by atoms with Crippen LogP contribution in [0.1, 0.15) is 111 Å². The third-order valence-electron chi connectivity index (χ3n) is 8.93. The molecule has 20 nitrogen and oxygen atoms in total. The van der Waals surface area contributed by atoms with Gasteiger partial charge in [0.05, 0.1) is 25.0 Å². The van der Waals surface area contributed by atoms with E-state index in [1.54, 1.807) is 0 Å². The predicted octanol–water partition coefficient (Wildman–Crippen LogP) is -5.59. The fourth-order valence-electron chi connectivity index (χ4n) is 5.73. The Bertz CT molecular complexity index is 1440. The molecular formula is C32H59N3Na2O17S3. The van der Waals surface area contributed by atoms with Crippen molar-refractivity contribution in [3.05, 3.63) is 0 Å². The molecule has 0 bridgehead atoms. The van der Waals surface area contributed by atoms with Crippen LogP contribution in [0.3, 0.4) is 0 Å². The molecular weight excluding hydrogens is 841 g/mol. The van der Waals surface area contributed by atoms with Crippen LogP contribution in [0.25, 0.3) is 0 Å². The maximum absolute atomic E-state index is 13.1. The molecule has 2 amide bonds. The minimum absolute atomic E-state index is 0. The van der Waals surface area contributed by atoms with E-state index in [1.165, 1.54) is 0 Å². The minimum atomic E-state index is -5.46. The van der Waals surface area contributed by atoms with Gasteiger partial charge in [-0.1, -0.05) is 78.1 Å². The molecule has 0 aromatic carbocycles. The quantitative estimate of drug-likeness (QED) is 0.0239. The number of aliphatic hydroxyl groups is 2. The zero-order valence-corrected chi connectivity index (χ0v) is 40.2. The number of aliphatic carboxylic acids is 2. The summed E-state index contributed by atoms with van der Waals surface area (Å²) in [5.41, 5.74) is 0. The molecule has 0 aliphatic heterocycles. The van der Waals surface area contributed by atoms with Crippen LogP contribution >= 0.6 is 0 Å². The van der Waals surface area contributed by atoms with E-state index in [1.807, 2.05) is 13.8 Å². The van der Waals surface area contributed by atoms with Crippen molar-refractivity contribution in [2.75, 3.05) is 39.3 Å². The first kappa shape index (κ1) is 60.8. The Kier molecular flexibility index (Phi) is 32.5. The number of nitrogens with zero attached hydrogens (tertiary/aromatic N) is 3. The van der Waals surface area contributed by atoms with Crippen LogP contribution < -0.4 is 59.1 Å². The summed E-state index contributed by atoms with van der Waals surface area (Å²) < 4.78 is 103. The van der Waals surface area contributed by atoms with E-state index in [9.17, 15) is 78.5 Å². The van der Waals surface area contributed by atoms with E-state index < -0.39 is 121 Å². The molecule has 25 heteroatoms. The van der Waals surface area contributed by atoms with Gasteiger partial charge < -0.3 is 39.3 Å². The van der Waals surface area contributed by atoms with Gasteiger partial charge in [0.2, 0.25) is 11.8 Å². The van der Waals surface area contributed by atoms with E-state index in [0.29, 0.717) is 25.7 Å². The third kappa shape index (κ3) is 26.4. The number of carbonyl (C=O) groups excluding carboxylic acids is 2. The molecule has 324 valence electrons. The van der Waals surface area contributed by atoms with Gasteiger partial charge in [0.15, 0.2) is 10.5 Å². The second kappa shape index (κ2) is 30.5. The smallest absolute Gasteiger partial charge is 0.747 e. The van der Waals surface area contributed by atoms with Crippen molar-refractivity contribution in [3.63, 3.8) is 0 Å². The van der Waals surface area contributed by atoms with Gasteiger partial charge in [0.1, 0.15) is 25.6 Å². The summed E-state index contributed by atoms with van der Waals surface area (Å²) >= 11 is 0. The Morgan fingerprint density at radius 3 is 1.12 bits per heavy atom. The van der Waals surface area contributed by atoms with Crippen molar-refractivity contribution in [2.45, 2.75) is 139 Å². The van der Waals surface area contributed by atoms with Gasteiger partial charge in [0, 0.05) is 39.3 Å². The van der Waals surface area contributed by atoms with Crippen molar-refractivity contribution < 1.29 is 138 Å². The number of rotatable bonds is 32. The molecule has 0 aliphatic carbocycles. The first-order chi connectivity index (χ1) is 25.4. The number of amides is 2. The molecule has 5 atom stereocenters. The topological polar surface area (TPSA) is 328 Å².